The van der Waals surface area contributed by atoms with E-state index in [-0.39, 0.29) is 17.3 Å². The second-order valence-electron chi connectivity index (χ2n) is 10.0. The molecule has 1 aromatic heterocycles. The molecule has 8 nitrogen and oxygen atoms in total. The van der Waals surface area contributed by atoms with Gasteiger partial charge in [-0.05, 0) is 68.8 Å². The second-order valence-corrected chi connectivity index (χ2v) is 10.0. The molecule has 0 radical (unpaired) electrons. The van der Waals surface area contributed by atoms with E-state index >= 15 is 0 Å². The number of hydrogen-bond donors (Lipinski definition) is 1. The van der Waals surface area contributed by atoms with Gasteiger partial charge in [0.2, 0.25) is 0 Å². The Balaban J connectivity index is 1.31. The first kappa shape index (κ1) is 24.6. The van der Waals surface area contributed by atoms with Crippen molar-refractivity contribution < 1.29 is 27.9 Å². The smallest absolute Gasteiger partial charge is 0.416 e. The number of carboxylic acid groups (broad SMARTS) is 1. The molecule has 0 atom stereocenters. The maximum atomic E-state index is 13.4. The van der Waals surface area contributed by atoms with Gasteiger partial charge in [0, 0.05) is 50.1 Å². The summed E-state index contributed by atoms with van der Waals surface area (Å²) in [6, 6.07) is 5.08. The van der Waals surface area contributed by atoms with E-state index in [9.17, 15) is 22.8 Å². The first-order valence-electron chi connectivity index (χ1n) is 12.4. The summed E-state index contributed by atoms with van der Waals surface area (Å²) >= 11 is 0. The molecule has 5 rings (SSSR count). The summed E-state index contributed by atoms with van der Waals surface area (Å²) < 4.78 is 41.4. The number of carbonyl (C=O) groups is 2. The minimum atomic E-state index is -4.37. The SMILES string of the molecule is O=C(O)c1ccn(C(=O)N2CCC3(CCCN3Cc3ccc(C(F)(F)F)cc3N3CCCC3)CC2)n1. The van der Waals surface area contributed by atoms with Gasteiger partial charge < -0.3 is 14.9 Å². The summed E-state index contributed by atoms with van der Waals surface area (Å²) in [7, 11) is 0. The summed E-state index contributed by atoms with van der Waals surface area (Å²) in [4.78, 5) is 30.1. The Bertz CT molecular complexity index is 1130. The Labute approximate surface area is 207 Å². The quantitative estimate of drug-likeness (QED) is 0.668. The maximum Gasteiger partial charge on any atom is 0.416 e. The second kappa shape index (κ2) is 9.42. The van der Waals surface area contributed by atoms with Crippen LogP contribution in [0.4, 0.5) is 23.7 Å². The highest BCUT2D eigenvalue weighted by Gasteiger charge is 2.44. The lowest BCUT2D eigenvalue weighted by molar-refractivity contribution is -0.137. The van der Waals surface area contributed by atoms with E-state index in [1.807, 2.05) is 0 Å². The van der Waals surface area contributed by atoms with Gasteiger partial charge >= 0.3 is 18.2 Å². The number of likely N-dealkylation sites (tertiary alicyclic amines) is 2. The standard InChI is InChI=1S/C25H30F3N5O3/c26-25(27,28)19-5-4-18(21(16-19)30-10-1-2-11-30)17-32-12-3-7-24(32)8-14-31(15-9-24)23(36)33-13-6-20(29-33)22(34)35/h4-6,13,16H,1-3,7-12,14-15,17H2,(H,34,35). The average Bonchev–Trinajstić information content (AvgIpc) is 3.61. The van der Waals surface area contributed by atoms with E-state index in [1.165, 1.54) is 24.4 Å². The van der Waals surface area contributed by atoms with Crippen molar-refractivity contribution in [1.82, 2.24) is 19.6 Å². The highest BCUT2D eigenvalue weighted by Crippen LogP contribution is 2.41. The lowest BCUT2D eigenvalue weighted by Crippen LogP contribution is -2.53. The van der Waals surface area contributed by atoms with E-state index in [2.05, 4.69) is 14.9 Å². The molecule has 0 bridgehead atoms. The van der Waals surface area contributed by atoms with Crippen LogP contribution in [0.3, 0.4) is 0 Å². The molecule has 3 aliphatic heterocycles. The molecular formula is C25H30F3N5O3. The molecule has 11 heteroatoms. The molecule has 194 valence electrons. The normalized spacial score (nSPS) is 20.4. The Hall–Kier alpha value is -3.08. The molecule has 4 heterocycles. The van der Waals surface area contributed by atoms with Gasteiger partial charge in [-0.2, -0.15) is 23.0 Å². The minimum Gasteiger partial charge on any atom is -0.476 e. The molecule has 3 aliphatic rings. The summed E-state index contributed by atoms with van der Waals surface area (Å²) in [5.41, 5.74) is 0.718. The molecular weight excluding hydrogens is 475 g/mol. The summed E-state index contributed by atoms with van der Waals surface area (Å²) in [5, 5.41) is 12.9. The van der Waals surface area contributed by atoms with Gasteiger partial charge in [-0.25, -0.2) is 9.59 Å². The van der Waals surface area contributed by atoms with Crippen LogP contribution in [-0.2, 0) is 12.7 Å². The number of hydrogen-bond acceptors (Lipinski definition) is 5. The third-order valence-electron chi connectivity index (χ3n) is 7.93. The van der Waals surface area contributed by atoms with Gasteiger partial charge in [-0.1, -0.05) is 6.07 Å². The van der Waals surface area contributed by atoms with Crippen LogP contribution in [-0.4, -0.2) is 74.9 Å². The van der Waals surface area contributed by atoms with Crippen LogP contribution in [0, 0.1) is 0 Å². The molecule has 0 saturated carbocycles. The lowest BCUT2D eigenvalue weighted by Gasteiger charge is -2.45. The van der Waals surface area contributed by atoms with Crippen LogP contribution in [0.15, 0.2) is 30.5 Å². The van der Waals surface area contributed by atoms with E-state index in [0.29, 0.717) is 25.3 Å². The molecule has 2 aromatic rings. The monoisotopic (exact) mass is 505 g/mol. The number of amides is 1. The zero-order chi connectivity index (χ0) is 25.5. The number of nitrogens with zero attached hydrogens (tertiary/aromatic N) is 5. The van der Waals surface area contributed by atoms with Crippen LogP contribution < -0.4 is 4.90 Å². The van der Waals surface area contributed by atoms with E-state index < -0.39 is 17.7 Å². The molecule has 0 aliphatic carbocycles. The molecule has 1 aromatic carbocycles. The van der Waals surface area contributed by atoms with Crippen LogP contribution in [0.2, 0.25) is 0 Å². The van der Waals surface area contributed by atoms with Gasteiger partial charge in [0.15, 0.2) is 5.69 Å². The van der Waals surface area contributed by atoms with Crippen molar-refractivity contribution in [3.8, 4) is 0 Å². The van der Waals surface area contributed by atoms with E-state index in [4.69, 9.17) is 5.11 Å². The minimum absolute atomic E-state index is 0.0991. The fourth-order valence-corrected chi connectivity index (χ4v) is 5.94. The molecule has 1 N–H and O–H groups in total. The fourth-order valence-electron chi connectivity index (χ4n) is 5.94. The van der Waals surface area contributed by atoms with Crippen LogP contribution in [0.25, 0.3) is 0 Å². The topological polar surface area (TPSA) is 81.9 Å². The Morgan fingerprint density at radius 3 is 2.33 bits per heavy atom. The third kappa shape index (κ3) is 4.68. The number of anilines is 1. The highest BCUT2D eigenvalue weighted by molar-refractivity contribution is 5.86. The van der Waals surface area contributed by atoms with Crippen molar-refractivity contribution in [2.24, 2.45) is 0 Å². The molecule has 1 amide bonds. The Morgan fingerprint density at radius 2 is 1.69 bits per heavy atom. The van der Waals surface area contributed by atoms with Gasteiger partial charge in [0.1, 0.15) is 0 Å². The van der Waals surface area contributed by atoms with Gasteiger partial charge in [-0.3, -0.25) is 4.90 Å². The zero-order valence-electron chi connectivity index (χ0n) is 20.0. The van der Waals surface area contributed by atoms with Gasteiger partial charge in [0.25, 0.3) is 0 Å². The van der Waals surface area contributed by atoms with Crippen molar-refractivity contribution >= 4 is 17.7 Å². The van der Waals surface area contributed by atoms with Gasteiger partial charge in [-0.15, -0.1) is 0 Å². The van der Waals surface area contributed by atoms with Gasteiger partial charge in [0.05, 0.1) is 5.56 Å². The van der Waals surface area contributed by atoms with Crippen LogP contribution in [0.1, 0.15) is 60.1 Å². The lowest BCUT2D eigenvalue weighted by atomic mass is 9.84. The van der Waals surface area contributed by atoms with Crippen molar-refractivity contribution in [2.75, 3.05) is 37.6 Å². The first-order valence-corrected chi connectivity index (χ1v) is 12.4. The maximum absolute atomic E-state index is 13.4. The number of aromatic nitrogens is 2. The molecule has 36 heavy (non-hydrogen) atoms. The summed E-state index contributed by atoms with van der Waals surface area (Å²) in [5.74, 6) is -1.18. The number of halogens is 3. The number of carboxylic acids is 1. The average molecular weight is 506 g/mol. The molecule has 3 fully saturated rings. The fraction of sp³-hybridized carbons (Fsp3) is 0.560. The Morgan fingerprint density at radius 1 is 0.972 bits per heavy atom. The van der Waals surface area contributed by atoms with Crippen molar-refractivity contribution in [1.29, 1.82) is 0 Å². The number of benzene rings is 1. The predicted molar refractivity (Wildman–Crippen MR) is 126 cm³/mol. The summed E-state index contributed by atoms with van der Waals surface area (Å²) in [6.45, 7) is 4.03. The summed E-state index contributed by atoms with van der Waals surface area (Å²) in [6.07, 6.45) is 2.46. The van der Waals surface area contributed by atoms with E-state index in [1.54, 1.807) is 11.0 Å². The Kier molecular flexibility index (Phi) is 6.44. The number of alkyl halides is 3. The predicted octanol–water partition coefficient (Wildman–Crippen LogP) is 4.30. The zero-order valence-corrected chi connectivity index (χ0v) is 20.0. The largest absolute Gasteiger partial charge is 0.476 e. The third-order valence-corrected chi connectivity index (χ3v) is 7.93. The molecule has 1 spiro atoms. The number of piperidine rings is 1. The first-order chi connectivity index (χ1) is 17.2. The van der Waals surface area contributed by atoms with Crippen molar-refractivity contribution in [3.63, 3.8) is 0 Å². The number of aromatic carboxylic acids is 1. The van der Waals surface area contributed by atoms with Crippen molar-refractivity contribution in [2.45, 2.75) is 56.8 Å². The highest BCUT2D eigenvalue weighted by atomic mass is 19.4. The van der Waals surface area contributed by atoms with Crippen LogP contribution >= 0.6 is 0 Å². The van der Waals surface area contributed by atoms with Crippen LogP contribution in [0.5, 0.6) is 0 Å². The molecule has 0 unspecified atom stereocenters. The molecule has 3 saturated heterocycles. The number of carbonyl (C=O) groups excluding carboxylic acids is 1. The number of rotatable bonds is 4. The van der Waals surface area contributed by atoms with Crippen molar-refractivity contribution in [3.05, 3.63) is 47.3 Å². The van der Waals surface area contributed by atoms with E-state index in [0.717, 1.165) is 68.4 Å².